The zero-order valence-electron chi connectivity index (χ0n) is 11.5. The predicted molar refractivity (Wildman–Crippen MR) is 81.5 cm³/mol. The van der Waals surface area contributed by atoms with Crippen molar-refractivity contribution in [3.05, 3.63) is 0 Å². The predicted octanol–water partition coefficient (Wildman–Crippen LogP) is 5.11. The van der Waals surface area contributed by atoms with Gasteiger partial charge in [-0.1, -0.05) is 46.0 Å². The normalized spacial score (nSPS) is 12.9. The maximum absolute atomic E-state index is 5.87. The van der Waals surface area contributed by atoms with Gasteiger partial charge in [-0.3, -0.25) is 0 Å². The fourth-order valence-corrected chi connectivity index (χ4v) is 2.71. The Morgan fingerprint density at radius 2 is 1.76 bits per heavy atom. The van der Waals surface area contributed by atoms with Crippen molar-refractivity contribution in [3.63, 3.8) is 0 Å². The van der Waals surface area contributed by atoms with Gasteiger partial charge >= 0.3 is 0 Å². The first-order valence-corrected chi connectivity index (χ1v) is 8.79. The molecule has 1 nitrogen and oxygen atoms in total. The molecule has 0 unspecified atom stereocenters. The minimum atomic E-state index is 0.275. The van der Waals surface area contributed by atoms with Crippen molar-refractivity contribution in [1.29, 1.82) is 0 Å². The zero-order chi connectivity index (χ0) is 12.8. The van der Waals surface area contributed by atoms with Crippen molar-refractivity contribution in [3.8, 4) is 0 Å². The third kappa shape index (κ3) is 12.8. The molecule has 0 fully saturated rings. The summed E-state index contributed by atoms with van der Waals surface area (Å²) in [6.07, 6.45) is 9.27. The fraction of sp³-hybridized carbons (Fsp3) is 1.00. The molecule has 0 spiro atoms. The number of thioether (sulfide) groups is 1. The van der Waals surface area contributed by atoms with Crippen molar-refractivity contribution < 1.29 is 4.74 Å². The molecule has 104 valence electrons. The molecule has 0 aliphatic heterocycles. The van der Waals surface area contributed by atoms with Gasteiger partial charge in [0, 0.05) is 11.6 Å². The standard InChI is InChI=1S/C14H29ClOS/c1-3-5-7-8-11-17-12-10-16-14(13-15)9-6-4-2/h14H,3-13H2,1-2H3/t14-/m0/s1. The highest BCUT2D eigenvalue weighted by Gasteiger charge is 2.06. The van der Waals surface area contributed by atoms with Gasteiger partial charge in [0.15, 0.2) is 0 Å². The number of hydrogen-bond acceptors (Lipinski definition) is 2. The Hall–Kier alpha value is 0.600. The van der Waals surface area contributed by atoms with Crippen LogP contribution >= 0.6 is 23.4 Å². The third-order valence-electron chi connectivity index (χ3n) is 2.78. The second-order valence-corrected chi connectivity index (χ2v) is 6.00. The molecule has 0 saturated carbocycles. The molecule has 0 aliphatic carbocycles. The lowest BCUT2D eigenvalue weighted by molar-refractivity contribution is 0.0731. The van der Waals surface area contributed by atoms with E-state index in [0.717, 1.165) is 18.8 Å². The molecule has 0 aromatic carbocycles. The summed E-state index contributed by atoms with van der Waals surface area (Å²) in [5, 5.41) is 0. The van der Waals surface area contributed by atoms with Gasteiger partial charge in [-0.05, 0) is 18.6 Å². The monoisotopic (exact) mass is 280 g/mol. The number of unbranched alkanes of at least 4 members (excludes halogenated alkanes) is 4. The van der Waals surface area contributed by atoms with Crippen LogP contribution in [0.2, 0.25) is 0 Å². The maximum Gasteiger partial charge on any atom is 0.0710 e. The van der Waals surface area contributed by atoms with E-state index in [1.807, 2.05) is 11.8 Å². The lowest BCUT2D eigenvalue weighted by atomic mass is 10.2. The van der Waals surface area contributed by atoms with Crippen molar-refractivity contribution in [2.24, 2.45) is 0 Å². The average molecular weight is 281 g/mol. The van der Waals surface area contributed by atoms with Crippen LogP contribution in [0.15, 0.2) is 0 Å². The zero-order valence-corrected chi connectivity index (χ0v) is 13.1. The molecular formula is C14H29ClOS. The molecule has 17 heavy (non-hydrogen) atoms. The van der Waals surface area contributed by atoms with Gasteiger partial charge in [0.05, 0.1) is 12.7 Å². The summed E-state index contributed by atoms with van der Waals surface area (Å²) < 4.78 is 5.77. The molecule has 0 radical (unpaired) electrons. The first-order valence-electron chi connectivity index (χ1n) is 7.10. The van der Waals surface area contributed by atoms with Gasteiger partial charge in [0.1, 0.15) is 0 Å². The molecule has 0 saturated heterocycles. The van der Waals surface area contributed by atoms with E-state index < -0.39 is 0 Å². The van der Waals surface area contributed by atoms with Crippen LogP contribution in [0.5, 0.6) is 0 Å². The Balaban J connectivity index is 3.19. The van der Waals surface area contributed by atoms with Crippen LogP contribution in [0.4, 0.5) is 0 Å². The molecule has 0 aliphatic rings. The molecular weight excluding hydrogens is 252 g/mol. The van der Waals surface area contributed by atoms with Crippen molar-refractivity contribution in [2.45, 2.75) is 64.9 Å². The SMILES string of the molecule is CCCCCCSCCO[C@H](CCl)CCCC. The minimum Gasteiger partial charge on any atom is -0.376 e. The molecule has 0 N–H and O–H groups in total. The first kappa shape index (κ1) is 17.6. The van der Waals surface area contributed by atoms with Gasteiger partial charge in [-0.15, -0.1) is 11.6 Å². The minimum absolute atomic E-state index is 0.275. The summed E-state index contributed by atoms with van der Waals surface area (Å²) in [6, 6.07) is 0. The summed E-state index contributed by atoms with van der Waals surface area (Å²) in [4.78, 5) is 0. The van der Waals surface area contributed by atoms with Crippen LogP contribution in [0, 0.1) is 0 Å². The lowest BCUT2D eigenvalue weighted by Crippen LogP contribution is -2.16. The first-order chi connectivity index (χ1) is 8.35. The Labute approximate surface area is 117 Å². The Bertz CT molecular complexity index is 144. The van der Waals surface area contributed by atoms with Crippen LogP contribution in [0.25, 0.3) is 0 Å². The second kappa shape index (κ2) is 14.7. The third-order valence-corrected chi connectivity index (χ3v) is 4.15. The van der Waals surface area contributed by atoms with E-state index in [-0.39, 0.29) is 6.10 Å². The Morgan fingerprint density at radius 3 is 2.41 bits per heavy atom. The molecule has 3 heteroatoms. The van der Waals surface area contributed by atoms with Gasteiger partial charge in [0.25, 0.3) is 0 Å². The smallest absolute Gasteiger partial charge is 0.0710 e. The molecule has 0 bridgehead atoms. The average Bonchev–Trinajstić information content (AvgIpc) is 2.36. The summed E-state index contributed by atoms with van der Waals surface area (Å²) >= 11 is 7.88. The summed E-state index contributed by atoms with van der Waals surface area (Å²) in [5.74, 6) is 3.04. The van der Waals surface area contributed by atoms with E-state index in [9.17, 15) is 0 Å². The summed E-state index contributed by atoms with van der Waals surface area (Å²) in [7, 11) is 0. The number of rotatable bonds is 13. The van der Waals surface area contributed by atoms with E-state index in [0.29, 0.717) is 5.88 Å². The molecule has 0 aromatic rings. The van der Waals surface area contributed by atoms with Crippen molar-refractivity contribution >= 4 is 23.4 Å². The van der Waals surface area contributed by atoms with E-state index in [1.165, 1.54) is 44.3 Å². The summed E-state index contributed by atoms with van der Waals surface area (Å²) in [6.45, 7) is 5.32. The number of alkyl halides is 1. The molecule has 0 heterocycles. The topological polar surface area (TPSA) is 9.23 Å². The van der Waals surface area contributed by atoms with Gasteiger partial charge in [-0.25, -0.2) is 0 Å². The van der Waals surface area contributed by atoms with Crippen LogP contribution in [0.3, 0.4) is 0 Å². The van der Waals surface area contributed by atoms with Crippen molar-refractivity contribution in [1.82, 2.24) is 0 Å². The second-order valence-electron chi connectivity index (χ2n) is 4.46. The largest absolute Gasteiger partial charge is 0.376 e. The molecule has 1 atom stereocenters. The number of ether oxygens (including phenoxy) is 1. The Morgan fingerprint density at radius 1 is 1.00 bits per heavy atom. The highest BCUT2D eigenvalue weighted by molar-refractivity contribution is 7.99. The van der Waals surface area contributed by atoms with Gasteiger partial charge in [0.2, 0.25) is 0 Å². The maximum atomic E-state index is 5.87. The molecule has 0 aromatic heterocycles. The highest BCUT2D eigenvalue weighted by Crippen LogP contribution is 2.10. The quantitative estimate of drug-likeness (QED) is 0.342. The number of halogens is 1. The number of hydrogen-bond donors (Lipinski definition) is 0. The van der Waals surface area contributed by atoms with Gasteiger partial charge < -0.3 is 4.74 Å². The van der Waals surface area contributed by atoms with Crippen LogP contribution < -0.4 is 0 Å². The highest BCUT2D eigenvalue weighted by atomic mass is 35.5. The molecule has 0 rings (SSSR count). The lowest BCUT2D eigenvalue weighted by Gasteiger charge is -2.14. The van der Waals surface area contributed by atoms with Crippen LogP contribution in [0.1, 0.15) is 58.8 Å². The van der Waals surface area contributed by atoms with E-state index in [2.05, 4.69) is 13.8 Å². The van der Waals surface area contributed by atoms with Crippen LogP contribution in [-0.4, -0.2) is 30.1 Å². The fourth-order valence-electron chi connectivity index (χ4n) is 1.64. The summed E-state index contributed by atoms with van der Waals surface area (Å²) in [5.41, 5.74) is 0. The van der Waals surface area contributed by atoms with E-state index in [1.54, 1.807) is 0 Å². The molecule has 0 amide bonds. The van der Waals surface area contributed by atoms with E-state index in [4.69, 9.17) is 16.3 Å². The van der Waals surface area contributed by atoms with Crippen LogP contribution in [-0.2, 0) is 4.74 Å². The van der Waals surface area contributed by atoms with Gasteiger partial charge in [-0.2, -0.15) is 11.8 Å². The van der Waals surface area contributed by atoms with Crippen molar-refractivity contribution in [2.75, 3.05) is 24.0 Å². The Kier molecular flexibility index (Phi) is 15.2. The van der Waals surface area contributed by atoms with E-state index >= 15 is 0 Å².